The molecule has 0 atom stereocenters. The molecule has 2 aromatic carbocycles. The van der Waals surface area contributed by atoms with Crippen molar-refractivity contribution in [3.63, 3.8) is 0 Å². The number of benzene rings is 2. The fourth-order valence-electron chi connectivity index (χ4n) is 1.32. The van der Waals surface area contributed by atoms with Crippen LogP contribution in [-0.4, -0.2) is 5.11 Å². The summed E-state index contributed by atoms with van der Waals surface area (Å²) in [6.07, 6.45) is 0. The predicted molar refractivity (Wildman–Crippen MR) is 76.1 cm³/mol. The molecule has 1 N–H and O–H groups in total. The van der Waals surface area contributed by atoms with E-state index in [9.17, 15) is 5.11 Å². The molecule has 0 aliphatic carbocycles. The van der Waals surface area contributed by atoms with E-state index in [4.69, 9.17) is 5.26 Å². The minimum Gasteiger partial charge on any atom is -0.508 e. The molecule has 0 amide bonds. The van der Waals surface area contributed by atoms with Gasteiger partial charge in [-0.25, -0.2) is 0 Å². The first-order valence-corrected chi connectivity index (χ1v) is 6.75. The van der Waals surface area contributed by atoms with Crippen molar-refractivity contribution in [2.24, 2.45) is 0 Å². The number of hydrogen-bond acceptors (Lipinski definition) is 3. The lowest BCUT2D eigenvalue weighted by Crippen LogP contribution is -1.81. The summed E-state index contributed by atoms with van der Waals surface area (Å²) >= 11 is 3.77. The maximum Gasteiger partial charge on any atom is 0.116 e. The van der Waals surface area contributed by atoms with Crippen LogP contribution in [0.15, 0.2) is 52.3 Å². The molecule has 0 aromatic heterocycles. The van der Waals surface area contributed by atoms with E-state index < -0.39 is 0 Å². The molecule has 0 heterocycles. The van der Waals surface area contributed by atoms with Crippen LogP contribution in [0.4, 0.5) is 0 Å². The largest absolute Gasteiger partial charge is 0.508 e. The highest BCUT2D eigenvalue weighted by atomic mass is 127. The van der Waals surface area contributed by atoms with Gasteiger partial charge in [-0.05, 0) is 65.1 Å². The number of rotatable bonds is 2. The summed E-state index contributed by atoms with van der Waals surface area (Å²) in [6.45, 7) is 0. The highest BCUT2D eigenvalue weighted by Gasteiger charge is 2.05. The normalized spacial score (nSPS) is 9.88. The fraction of sp³-hybridized carbons (Fsp3) is 0. The first-order valence-electron chi connectivity index (χ1n) is 4.85. The maximum absolute atomic E-state index is 9.31. The molecule has 0 saturated heterocycles. The zero-order chi connectivity index (χ0) is 12.3. The van der Waals surface area contributed by atoms with E-state index in [1.54, 1.807) is 12.1 Å². The van der Waals surface area contributed by atoms with Crippen LogP contribution in [0.2, 0.25) is 0 Å². The van der Waals surface area contributed by atoms with E-state index in [0.717, 1.165) is 9.79 Å². The third kappa shape index (κ3) is 3.14. The summed E-state index contributed by atoms with van der Waals surface area (Å²) in [7, 11) is 0. The first kappa shape index (κ1) is 12.3. The zero-order valence-electron chi connectivity index (χ0n) is 8.72. The maximum atomic E-state index is 9.31. The predicted octanol–water partition coefficient (Wildman–Crippen LogP) is 4.02. The second-order valence-corrected chi connectivity index (χ2v) is 5.71. The van der Waals surface area contributed by atoms with Crippen molar-refractivity contribution in [3.8, 4) is 11.8 Å². The molecule has 17 heavy (non-hydrogen) atoms. The third-order valence-electron chi connectivity index (χ3n) is 2.13. The van der Waals surface area contributed by atoms with Crippen LogP contribution in [0.5, 0.6) is 5.75 Å². The molecule has 0 fully saturated rings. The van der Waals surface area contributed by atoms with Crippen LogP contribution >= 0.6 is 34.4 Å². The quantitative estimate of drug-likeness (QED) is 0.830. The molecular weight excluding hydrogens is 345 g/mol. The van der Waals surface area contributed by atoms with Gasteiger partial charge in [-0.2, -0.15) is 5.26 Å². The van der Waals surface area contributed by atoms with Crippen LogP contribution in [-0.2, 0) is 0 Å². The lowest BCUT2D eigenvalue weighted by molar-refractivity contribution is 0.474. The second-order valence-electron chi connectivity index (χ2n) is 3.35. The monoisotopic (exact) mass is 353 g/mol. The number of phenolic OH excluding ortho intramolecular Hbond substituents is 1. The molecule has 0 bridgehead atoms. The number of hydrogen-bond donors (Lipinski definition) is 1. The Hall–Kier alpha value is -1.19. The van der Waals surface area contributed by atoms with Crippen LogP contribution in [0.1, 0.15) is 5.56 Å². The van der Waals surface area contributed by atoms with Gasteiger partial charge < -0.3 is 5.11 Å². The Morgan fingerprint density at radius 1 is 1.12 bits per heavy atom. The molecule has 0 aliphatic rings. The molecular formula is C13H8INOS. The molecule has 0 spiro atoms. The SMILES string of the molecule is N#Cc1cc(O)ccc1Sc1ccc(I)cc1. The molecule has 0 unspecified atom stereocenters. The van der Waals surface area contributed by atoms with Crippen LogP contribution in [0.3, 0.4) is 0 Å². The Morgan fingerprint density at radius 3 is 2.47 bits per heavy atom. The van der Waals surface area contributed by atoms with Gasteiger partial charge >= 0.3 is 0 Å². The highest BCUT2D eigenvalue weighted by molar-refractivity contribution is 14.1. The molecule has 0 aliphatic heterocycles. The Kier molecular flexibility index (Phi) is 3.92. The second kappa shape index (κ2) is 5.43. The molecule has 0 saturated carbocycles. The fourth-order valence-corrected chi connectivity index (χ4v) is 2.56. The topological polar surface area (TPSA) is 44.0 Å². The summed E-state index contributed by atoms with van der Waals surface area (Å²) in [5.41, 5.74) is 0.494. The first-order chi connectivity index (χ1) is 8.19. The van der Waals surface area contributed by atoms with Gasteiger partial charge in [0.25, 0.3) is 0 Å². The van der Waals surface area contributed by atoms with Gasteiger partial charge in [0.1, 0.15) is 11.8 Å². The van der Waals surface area contributed by atoms with Crippen molar-refractivity contribution in [2.75, 3.05) is 0 Å². The van der Waals surface area contributed by atoms with E-state index in [-0.39, 0.29) is 5.75 Å². The van der Waals surface area contributed by atoms with Gasteiger partial charge in [0.05, 0.1) is 5.56 Å². The number of nitriles is 1. The van der Waals surface area contributed by atoms with Crippen molar-refractivity contribution < 1.29 is 5.11 Å². The lowest BCUT2D eigenvalue weighted by Gasteiger charge is -2.04. The van der Waals surface area contributed by atoms with E-state index >= 15 is 0 Å². The summed E-state index contributed by atoms with van der Waals surface area (Å²) in [6, 6.07) is 15.0. The zero-order valence-corrected chi connectivity index (χ0v) is 11.7. The number of halogens is 1. The van der Waals surface area contributed by atoms with Crippen molar-refractivity contribution in [1.82, 2.24) is 0 Å². The van der Waals surface area contributed by atoms with Crippen molar-refractivity contribution in [2.45, 2.75) is 9.79 Å². The standard InChI is InChI=1S/C13H8INOS/c14-10-1-4-12(5-2-10)17-13-6-3-11(16)7-9(13)8-15/h1-7,16H. The number of nitrogens with zero attached hydrogens (tertiary/aromatic N) is 1. The molecule has 2 rings (SSSR count). The summed E-state index contributed by atoms with van der Waals surface area (Å²) in [5.74, 6) is 0.119. The summed E-state index contributed by atoms with van der Waals surface area (Å²) in [5, 5.41) is 18.3. The molecule has 0 radical (unpaired) electrons. The van der Waals surface area contributed by atoms with E-state index in [1.165, 1.54) is 21.4 Å². The van der Waals surface area contributed by atoms with Crippen LogP contribution in [0, 0.1) is 14.9 Å². The van der Waals surface area contributed by atoms with Gasteiger partial charge in [-0.15, -0.1) is 0 Å². The van der Waals surface area contributed by atoms with Gasteiger partial charge in [0, 0.05) is 13.4 Å². The summed E-state index contributed by atoms with van der Waals surface area (Å²) in [4.78, 5) is 1.93. The Morgan fingerprint density at radius 2 is 1.82 bits per heavy atom. The van der Waals surface area contributed by atoms with Crippen molar-refractivity contribution >= 4 is 34.4 Å². The van der Waals surface area contributed by atoms with Gasteiger partial charge in [-0.1, -0.05) is 11.8 Å². The molecule has 2 aromatic rings. The van der Waals surface area contributed by atoms with Gasteiger partial charge in [-0.3, -0.25) is 0 Å². The molecule has 84 valence electrons. The number of phenols is 1. The van der Waals surface area contributed by atoms with E-state index in [1.807, 2.05) is 24.3 Å². The highest BCUT2D eigenvalue weighted by Crippen LogP contribution is 2.32. The van der Waals surface area contributed by atoms with E-state index in [0.29, 0.717) is 5.56 Å². The van der Waals surface area contributed by atoms with Crippen LogP contribution < -0.4 is 0 Å². The average molecular weight is 353 g/mol. The van der Waals surface area contributed by atoms with Crippen LogP contribution in [0.25, 0.3) is 0 Å². The smallest absolute Gasteiger partial charge is 0.116 e. The van der Waals surface area contributed by atoms with Crippen molar-refractivity contribution in [3.05, 3.63) is 51.6 Å². The Balaban J connectivity index is 2.30. The molecule has 4 heteroatoms. The molecule has 2 nitrogen and oxygen atoms in total. The Labute approximate surface area is 117 Å². The lowest BCUT2D eigenvalue weighted by atomic mass is 10.2. The third-order valence-corrected chi connectivity index (χ3v) is 3.93. The van der Waals surface area contributed by atoms with Gasteiger partial charge in [0.2, 0.25) is 0 Å². The van der Waals surface area contributed by atoms with Gasteiger partial charge in [0.15, 0.2) is 0 Å². The Bertz CT molecular complexity index is 575. The summed E-state index contributed by atoms with van der Waals surface area (Å²) < 4.78 is 1.18. The van der Waals surface area contributed by atoms with E-state index in [2.05, 4.69) is 28.7 Å². The number of aromatic hydroxyl groups is 1. The minimum absolute atomic E-state index is 0.119. The minimum atomic E-state index is 0.119. The van der Waals surface area contributed by atoms with Crippen molar-refractivity contribution in [1.29, 1.82) is 5.26 Å². The average Bonchev–Trinajstić information content (AvgIpc) is 2.34.